The van der Waals surface area contributed by atoms with Gasteiger partial charge in [-0.2, -0.15) is 0 Å². The van der Waals surface area contributed by atoms with Gasteiger partial charge in [-0.05, 0) is 54.5 Å². The summed E-state index contributed by atoms with van der Waals surface area (Å²) >= 11 is 4.76. The number of piperidine rings is 1. The molecule has 1 fully saturated rings. The molecule has 1 aliphatic heterocycles. The SMILES string of the molecule is O=C(N/C(=C/c1ccc(Br)cc1)C(=O)N1CCCCC1)c1cccs1. The Morgan fingerprint density at radius 2 is 1.80 bits per heavy atom. The Labute approximate surface area is 159 Å². The highest BCUT2D eigenvalue weighted by molar-refractivity contribution is 9.10. The fourth-order valence-electron chi connectivity index (χ4n) is 2.74. The number of likely N-dealkylation sites (tertiary alicyclic amines) is 1. The molecular weight excluding hydrogens is 400 g/mol. The zero-order chi connectivity index (χ0) is 17.6. The highest BCUT2D eigenvalue weighted by Gasteiger charge is 2.22. The Kier molecular flexibility index (Phi) is 6.04. The van der Waals surface area contributed by atoms with Crippen LogP contribution in [0.4, 0.5) is 0 Å². The lowest BCUT2D eigenvalue weighted by Gasteiger charge is -2.27. The Hall–Kier alpha value is -1.92. The van der Waals surface area contributed by atoms with Gasteiger partial charge in [-0.1, -0.05) is 34.1 Å². The minimum absolute atomic E-state index is 0.118. The smallest absolute Gasteiger partial charge is 0.270 e. The van der Waals surface area contributed by atoms with Crippen LogP contribution in [0.25, 0.3) is 6.08 Å². The van der Waals surface area contributed by atoms with E-state index in [4.69, 9.17) is 0 Å². The number of carbonyl (C=O) groups excluding carboxylic acids is 2. The zero-order valence-corrected chi connectivity index (χ0v) is 16.1. The summed E-state index contributed by atoms with van der Waals surface area (Å²) in [4.78, 5) is 27.8. The molecule has 25 heavy (non-hydrogen) atoms. The number of nitrogens with zero attached hydrogens (tertiary/aromatic N) is 1. The van der Waals surface area contributed by atoms with Crippen LogP contribution in [0.3, 0.4) is 0 Å². The van der Waals surface area contributed by atoms with Crippen molar-refractivity contribution in [3.05, 3.63) is 62.4 Å². The van der Waals surface area contributed by atoms with Crippen molar-refractivity contribution < 1.29 is 9.59 Å². The van der Waals surface area contributed by atoms with Crippen molar-refractivity contribution in [2.45, 2.75) is 19.3 Å². The number of rotatable bonds is 4. The van der Waals surface area contributed by atoms with E-state index in [1.54, 1.807) is 12.1 Å². The second-order valence-corrected chi connectivity index (χ2v) is 7.76. The van der Waals surface area contributed by atoms with Gasteiger partial charge in [0.2, 0.25) is 0 Å². The van der Waals surface area contributed by atoms with Gasteiger partial charge in [0.25, 0.3) is 11.8 Å². The van der Waals surface area contributed by atoms with E-state index in [1.165, 1.54) is 11.3 Å². The standard InChI is InChI=1S/C19H19BrN2O2S/c20-15-8-6-14(7-9-15)13-16(19(24)22-10-2-1-3-11-22)21-18(23)17-5-4-12-25-17/h4-9,12-13H,1-3,10-11H2,(H,21,23)/b16-13+. The predicted octanol–water partition coefficient (Wildman–Crippen LogP) is 4.29. The molecule has 0 bridgehead atoms. The van der Waals surface area contributed by atoms with E-state index in [0.29, 0.717) is 10.6 Å². The minimum atomic E-state index is -0.247. The maximum Gasteiger partial charge on any atom is 0.270 e. The van der Waals surface area contributed by atoms with Crippen LogP contribution in [-0.2, 0) is 4.79 Å². The number of nitrogens with one attached hydrogen (secondary N) is 1. The molecule has 0 atom stereocenters. The fourth-order valence-corrected chi connectivity index (χ4v) is 3.62. The number of amides is 2. The van der Waals surface area contributed by atoms with Crippen molar-refractivity contribution in [3.63, 3.8) is 0 Å². The monoisotopic (exact) mass is 418 g/mol. The minimum Gasteiger partial charge on any atom is -0.337 e. The van der Waals surface area contributed by atoms with Crippen molar-refractivity contribution in [2.24, 2.45) is 0 Å². The first-order valence-corrected chi connectivity index (χ1v) is 9.92. The summed E-state index contributed by atoms with van der Waals surface area (Å²) in [6, 6.07) is 11.2. The van der Waals surface area contributed by atoms with E-state index in [1.807, 2.05) is 40.6 Å². The molecule has 0 aliphatic carbocycles. The largest absolute Gasteiger partial charge is 0.337 e. The molecule has 2 amide bonds. The third kappa shape index (κ3) is 4.80. The van der Waals surface area contributed by atoms with Gasteiger partial charge in [0.05, 0.1) is 4.88 Å². The summed E-state index contributed by atoms with van der Waals surface area (Å²) in [5, 5.41) is 4.66. The van der Waals surface area contributed by atoms with Crippen molar-refractivity contribution >= 4 is 45.2 Å². The highest BCUT2D eigenvalue weighted by Crippen LogP contribution is 2.17. The van der Waals surface area contributed by atoms with Gasteiger partial charge in [0.15, 0.2) is 0 Å². The van der Waals surface area contributed by atoms with E-state index >= 15 is 0 Å². The first-order chi connectivity index (χ1) is 12.1. The van der Waals surface area contributed by atoms with Crippen LogP contribution < -0.4 is 5.32 Å². The normalized spacial score (nSPS) is 15.1. The van der Waals surface area contributed by atoms with Crippen LogP contribution in [0.1, 0.15) is 34.5 Å². The number of hydrogen-bond donors (Lipinski definition) is 1. The second kappa shape index (κ2) is 8.45. The van der Waals surface area contributed by atoms with Gasteiger partial charge in [-0.15, -0.1) is 11.3 Å². The van der Waals surface area contributed by atoms with Crippen LogP contribution >= 0.6 is 27.3 Å². The van der Waals surface area contributed by atoms with Crippen molar-refractivity contribution in [1.82, 2.24) is 10.2 Å². The molecule has 0 radical (unpaired) electrons. The van der Waals surface area contributed by atoms with Crippen LogP contribution in [-0.4, -0.2) is 29.8 Å². The number of thiophene rings is 1. The lowest BCUT2D eigenvalue weighted by atomic mass is 10.1. The fraction of sp³-hybridized carbons (Fsp3) is 0.263. The maximum atomic E-state index is 12.9. The van der Waals surface area contributed by atoms with E-state index in [2.05, 4.69) is 21.2 Å². The van der Waals surface area contributed by atoms with Gasteiger partial charge in [-0.25, -0.2) is 0 Å². The number of benzene rings is 1. The molecule has 4 nitrogen and oxygen atoms in total. The predicted molar refractivity (Wildman–Crippen MR) is 104 cm³/mol. The molecule has 0 saturated carbocycles. The first kappa shape index (κ1) is 17.9. The molecule has 0 spiro atoms. The number of carbonyl (C=O) groups is 2. The Bertz CT molecular complexity index is 763. The van der Waals surface area contributed by atoms with Crippen LogP contribution in [0.15, 0.2) is 51.9 Å². The molecule has 130 valence electrons. The van der Waals surface area contributed by atoms with Gasteiger partial charge < -0.3 is 10.2 Å². The van der Waals surface area contributed by atoms with Crippen LogP contribution in [0, 0.1) is 0 Å². The molecule has 3 rings (SSSR count). The topological polar surface area (TPSA) is 49.4 Å². The summed E-state index contributed by atoms with van der Waals surface area (Å²) in [5.74, 6) is -0.365. The van der Waals surface area contributed by atoms with Crippen molar-refractivity contribution in [1.29, 1.82) is 0 Å². The lowest BCUT2D eigenvalue weighted by molar-refractivity contribution is -0.128. The van der Waals surface area contributed by atoms with Crippen LogP contribution in [0.2, 0.25) is 0 Å². The van der Waals surface area contributed by atoms with Crippen molar-refractivity contribution in [3.8, 4) is 0 Å². The van der Waals surface area contributed by atoms with Crippen molar-refractivity contribution in [2.75, 3.05) is 13.1 Å². The highest BCUT2D eigenvalue weighted by atomic mass is 79.9. The zero-order valence-electron chi connectivity index (χ0n) is 13.7. The molecule has 2 heterocycles. The molecule has 1 saturated heterocycles. The number of hydrogen-bond acceptors (Lipinski definition) is 3. The first-order valence-electron chi connectivity index (χ1n) is 8.25. The Balaban J connectivity index is 1.85. The molecule has 1 N–H and O–H groups in total. The average Bonchev–Trinajstić information content (AvgIpc) is 3.18. The van der Waals surface area contributed by atoms with Gasteiger partial charge >= 0.3 is 0 Å². The summed E-state index contributed by atoms with van der Waals surface area (Å²) in [7, 11) is 0. The molecule has 1 aliphatic rings. The average molecular weight is 419 g/mol. The third-order valence-corrected chi connectivity index (χ3v) is 5.45. The molecule has 2 aromatic rings. The third-order valence-electron chi connectivity index (χ3n) is 4.05. The van der Waals surface area contributed by atoms with E-state index in [0.717, 1.165) is 42.4 Å². The quantitative estimate of drug-likeness (QED) is 0.752. The summed E-state index contributed by atoms with van der Waals surface area (Å²) in [6.07, 6.45) is 4.92. The molecule has 6 heteroatoms. The Morgan fingerprint density at radius 1 is 1.08 bits per heavy atom. The van der Waals surface area contributed by atoms with E-state index < -0.39 is 0 Å². The van der Waals surface area contributed by atoms with E-state index in [9.17, 15) is 9.59 Å². The van der Waals surface area contributed by atoms with Gasteiger partial charge in [0.1, 0.15) is 5.70 Å². The molecule has 1 aromatic heterocycles. The van der Waals surface area contributed by atoms with Gasteiger partial charge in [-0.3, -0.25) is 9.59 Å². The molecular formula is C19H19BrN2O2S. The van der Waals surface area contributed by atoms with E-state index in [-0.39, 0.29) is 11.8 Å². The maximum absolute atomic E-state index is 12.9. The second-order valence-electron chi connectivity index (χ2n) is 5.89. The Morgan fingerprint density at radius 3 is 2.44 bits per heavy atom. The summed E-state index contributed by atoms with van der Waals surface area (Å²) in [6.45, 7) is 1.48. The summed E-state index contributed by atoms with van der Waals surface area (Å²) < 4.78 is 0.969. The van der Waals surface area contributed by atoms with Crippen LogP contribution in [0.5, 0.6) is 0 Å². The lowest BCUT2D eigenvalue weighted by Crippen LogP contribution is -2.41. The molecule has 0 unspecified atom stereocenters. The van der Waals surface area contributed by atoms with Gasteiger partial charge in [0, 0.05) is 17.6 Å². The summed E-state index contributed by atoms with van der Waals surface area (Å²) in [5.41, 5.74) is 1.19. The number of halogens is 1. The molecule has 1 aromatic carbocycles.